The van der Waals surface area contributed by atoms with Crippen LogP contribution in [-0.4, -0.2) is 17.6 Å². The summed E-state index contributed by atoms with van der Waals surface area (Å²) >= 11 is 2.27. The van der Waals surface area contributed by atoms with Gasteiger partial charge in [-0.3, -0.25) is 8.77 Å². The topological polar surface area (TPSA) is 57.2 Å². The van der Waals surface area contributed by atoms with Gasteiger partial charge in [-0.2, -0.15) is 0 Å². The van der Waals surface area contributed by atoms with E-state index in [0.717, 1.165) is 11.1 Å². The molecule has 0 saturated carbocycles. The number of nitrogens with zero attached hydrogens (tertiary/aromatic N) is 1. The highest BCUT2D eigenvalue weighted by atomic mass is 127. The lowest BCUT2D eigenvalue weighted by molar-refractivity contribution is -0.126. The zero-order chi connectivity index (χ0) is 12.8. The van der Waals surface area contributed by atoms with Gasteiger partial charge in [0, 0.05) is 47.1 Å². The van der Waals surface area contributed by atoms with Gasteiger partial charge in [0.1, 0.15) is 0 Å². The number of nitrogens with two attached hydrogens (primary N) is 1. The van der Waals surface area contributed by atoms with Crippen LogP contribution in [0.25, 0.3) is 10.9 Å². The summed E-state index contributed by atoms with van der Waals surface area (Å²) in [6.07, 6.45) is 0. The quantitative estimate of drug-likeness (QED) is 0.505. The summed E-state index contributed by atoms with van der Waals surface area (Å²) in [5.74, 6) is 0. The minimum atomic E-state index is 0.375. The first-order chi connectivity index (χ1) is 8.15. The van der Waals surface area contributed by atoms with Crippen LogP contribution >= 0.6 is 30.3 Å². The number of methoxy groups -OCH3 is 1. The van der Waals surface area contributed by atoms with E-state index in [-0.39, 0.29) is 0 Å². The standard InChI is InChI=1S/C9H9IN2S.C2H4O2/c1-6-5-7-8(11)3-2-4-9(7)12(6)13-10;1-4-2-3/h2-5H,11H2,1H3;2H,1H3. The Morgan fingerprint density at radius 1 is 1.53 bits per heavy atom. The highest BCUT2D eigenvalue weighted by Crippen LogP contribution is 2.30. The third kappa shape index (κ3) is 3.29. The van der Waals surface area contributed by atoms with E-state index >= 15 is 0 Å². The maximum Gasteiger partial charge on any atom is 0.292 e. The predicted octanol–water partition coefficient (Wildman–Crippen LogP) is 3.17. The van der Waals surface area contributed by atoms with Gasteiger partial charge in [0.25, 0.3) is 6.47 Å². The fraction of sp³-hybridized carbons (Fsp3) is 0.182. The first-order valence-electron chi connectivity index (χ1n) is 4.77. The van der Waals surface area contributed by atoms with Gasteiger partial charge in [0.15, 0.2) is 0 Å². The first kappa shape index (κ1) is 14.2. The summed E-state index contributed by atoms with van der Waals surface area (Å²) in [5, 5.41) is 1.14. The summed E-state index contributed by atoms with van der Waals surface area (Å²) in [7, 11) is 2.98. The summed E-state index contributed by atoms with van der Waals surface area (Å²) in [5.41, 5.74) is 9.14. The van der Waals surface area contributed by atoms with Crippen molar-refractivity contribution in [3.63, 3.8) is 0 Å². The second kappa shape index (κ2) is 6.75. The van der Waals surface area contributed by atoms with Gasteiger partial charge in [-0.15, -0.1) is 0 Å². The zero-order valence-electron chi connectivity index (χ0n) is 9.51. The van der Waals surface area contributed by atoms with E-state index < -0.39 is 0 Å². The molecule has 4 nitrogen and oxygen atoms in total. The number of aryl methyl sites for hydroxylation is 1. The molecule has 0 aliphatic heterocycles. The van der Waals surface area contributed by atoms with E-state index in [1.807, 2.05) is 12.1 Å². The normalized spacial score (nSPS) is 9.59. The van der Waals surface area contributed by atoms with E-state index in [4.69, 9.17) is 10.5 Å². The van der Waals surface area contributed by atoms with E-state index in [1.165, 1.54) is 18.3 Å². The second-order valence-electron chi connectivity index (χ2n) is 3.26. The van der Waals surface area contributed by atoms with Gasteiger partial charge in [-0.05, 0) is 25.1 Å². The van der Waals surface area contributed by atoms with E-state index in [1.54, 1.807) is 9.12 Å². The SMILES string of the molecule is COC=O.Cc1cc2c(N)cccc2n1SI. The molecule has 0 amide bonds. The van der Waals surface area contributed by atoms with Crippen LogP contribution in [0.15, 0.2) is 24.3 Å². The molecule has 2 aromatic rings. The molecule has 6 heteroatoms. The lowest BCUT2D eigenvalue weighted by Crippen LogP contribution is -1.86. The molecule has 2 rings (SSSR count). The Labute approximate surface area is 116 Å². The Morgan fingerprint density at radius 2 is 2.18 bits per heavy atom. The third-order valence-electron chi connectivity index (χ3n) is 2.17. The molecule has 0 aliphatic carbocycles. The maximum atomic E-state index is 8.95. The number of anilines is 1. The van der Waals surface area contributed by atoms with Crippen LogP contribution in [0.2, 0.25) is 0 Å². The molecule has 0 atom stereocenters. The zero-order valence-corrected chi connectivity index (χ0v) is 12.5. The minimum Gasteiger partial charge on any atom is -0.471 e. The van der Waals surface area contributed by atoms with Gasteiger partial charge in [0.2, 0.25) is 0 Å². The molecule has 0 fully saturated rings. The molecular weight excluding hydrogens is 351 g/mol. The smallest absolute Gasteiger partial charge is 0.292 e. The number of hydrogen-bond donors (Lipinski definition) is 1. The molecule has 2 N–H and O–H groups in total. The molecule has 0 unspecified atom stereocenters. The number of rotatable bonds is 2. The van der Waals surface area contributed by atoms with Crippen molar-refractivity contribution in [3.05, 3.63) is 30.0 Å². The van der Waals surface area contributed by atoms with E-state index in [2.05, 4.69) is 49.0 Å². The Kier molecular flexibility index (Phi) is 5.63. The molecule has 1 heterocycles. The van der Waals surface area contributed by atoms with Gasteiger partial charge in [-0.25, -0.2) is 0 Å². The monoisotopic (exact) mass is 364 g/mol. The van der Waals surface area contributed by atoms with E-state index in [0.29, 0.717) is 6.47 Å². The highest BCUT2D eigenvalue weighted by Gasteiger charge is 2.06. The lowest BCUT2D eigenvalue weighted by Gasteiger charge is -2.00. The highest BCUT2D eigenvalue weighted by molar-refractivity contribution is 14.2. The Hall–Kier alpha value is -0.890. The minimum absolute atomic E-state index is 0.375. The molecule has 17 heavy (non-hydrogen) atoms. The number of ether oxygens (including phenoxy) is 1. The van der Waals surface area contributed by atoms with Gasteiger partial charge >= 0.3 is 0 Å². The first-order valence-corrected chi connectivity index (χ1v) is 8.09. The van der Waals surface area contributed by atoms with Crippen molar-refractivity contribution in [3.8, 4) is 0 Å². The molecule has 92 valence electrons. The van der Waals surface area contributed by atoms with Crippen LogP contribution in [0.4, 0.5) is 5.69 Å². The van der Waals surface area contributed by atoms with Crippen molar-refractivity contribution in [2.24, 2.45) is 0 Å². The Bertz CT molecular complexity index is 513. The largest absolute Gasteiger partial charge is 0.471 e. The van der Waals surface area contributed by atoms with Gasteiger partial charge < -0.3 is 10.5 Å². The number of aromatic nitrogens is 1. The number of fused-ring (bicyclic) bond motifs is 1. The molecule has 0 aliphatic rings. The van der Waals surface area contributed by atoms with E-state index in [9.17, 15) is 0 Å². The van der Waals surface area contributed by atoms with Crippen LogP contribution in [0.5, 0.6) is 0 Å². The third-order valence-corrected chi connectivity index (χ3v) is 3.98. The van der Waals surface area contributed by atoms with Crippen LogP contribution in [0, 0.1) is 6.92 Å². The fourth-order valence-electron chi connectivity index (χ4n) is 1.45. The van der Waals surface area contributed by atoms with Crippen molar-refractivity contribution in [2.45, 2.75) is 6.92 Å². The molecule has 0 spiro atoms. The number of halogens is 1. The molecule has 1 aromatic carbocycles. The maximum absolute atomic E-state index is 8.95. The summed E-state index contributed by atoms with van der Waals surface area (Å²) < 4.78 is 6.03. The second-order valence-corrected chi connectivity index (χ2v) is 4.95. The number of benzene rings is 1. The molecule has 0 saturated heterocycles. The van der Waals surface area contributed by atoms with Gasteiger partial charge in [-0.1, -0.05) is 6.07 Å². The number of hydrogen-bond acceptors (Lipinski definition) is 4. The molecule has 0 bridgehead atoms. The Balaban J connectivity index is 0.000000317. The average molecular weight is 364 g/mol. The van der Waals surface area contributed by atoms with Crippen molar-refractivity contribution >= 4 is 53.4 Å². The van der Waals surface area contributed by atoms with Crippen LogP contribution in [-0.2, 0) is 9.53 Å². The number of carbonyl (C=O) groups excluding carboxylic acids is 1. The summed E-state index contributed by atoms with van der Waals surface area (Å²) in [6.45, 7) is 2.46. The van der Waals surface area contributed by atoms with Crippen LogP contribution in [0.1, 0.15) is 5.69 Å². The van der Waals surface area contributed by atoms with Crippen LogP contribution < -0.4 is 5.73 Å². The Morgan fingerprint density at radius 3 is 2.71 bits per heavy atom. The lowest BCUT2D eigenvalue weighted by atomic mass is 10.2. The molecule has 1 aromatic heterocycles. The number of nitrogen functional groups attached to an aromatic ring is 1. The summed E-state index contributed by atoms with van der Waals surface area (Å²) in [4.78, 5) is 8.95. The predicted molar refractivity (Wildman–Crippen MR) is 81.2 cm³/mol. The molecular formula is C11H13IN2O2S. The summed E-state index contributed by atoms with van der Waals surface area (Å²) in [6, 6.07) is 8.13. The van der Waals surface area contributed by atoms with Crippen molar-refractivity contribution in [2.75, 3.05) is 12.8 Å². The van der Waals surface area contributed by atoms with Crippen molar-refractivity contribution in [1.82, 2.24) is 3.97 Å². The average Bonchev–Trinajstić information content (AvgIpc) is 2.67. The molecule has 0 radical (unpaired) electrons. The van der Waals surface area contributed by atoms with Gasteiger partial charge in [0.05, 0.1) is 12.6 Å². The van der Waals surface area contributed by atoms with Crippen molar-refractivity contribution in [1.29, 1.82) is 0 Å². The van der Waals surface area contributed by atoms with Crippen molar-refractivity contribution < 1.29 is 9.53 Å². The van der Waals surface area contributed by atoms with Crippen LogP contribution in [0.3, 0.4) is 0 Å². The number of carbonyl (C=O) groups is 1. The fourth-order valence-corrected chi connectivity index (χ4v) is 3.42.